The molecular formula is C18H22N4O5. The zero-order chi connectivity index (χ0) is 18.6. The number of carbonyl (C=O) groups excluding carboxylic acids is 1. The summed E-state index contributed by atoms with van der Waals surface area (Å²) in [4.78, 5) is 20.7. The second-order valence-corrected chi connectivity index (χ2v) is 6.37. The highest BCUT2D eigenvalue weighted by molar-refractivity contribution is 5.74. The second kappa shape index (κ2) is 7.93. The Bertz CT molecular complexity index is 772. The van der Waals surface area contributed by atoms with Crippen molar-refractivity contribution < 1.29 is 23.5 Å². The lowest BCUT2D eigenvalue weighted by atomic mass is 10.2. The van der Waals surface area contributed by atoms with Crippen LogP contribution in [0.15, 0.2) is 28.8 Å². The highest BCUT2D eigenvalue weighted by Gasteiger charge is 2.31. The zero-order valence-electron chi connectivity index (χ0n) is 15.2. The Kier molecular flexibility index (Phi) is 5.21. The molecule has 2 amide bonds. The summed E-state index contributed by atoms with van der Waals surface area (Å²) in [5, 5.41) is 4.05. The van der Waals surface area contributed by atoms with E-state index in [-0.39, 0.29) is 6.03 Å². The minimum absolute atomic E-state index is 0.00507. The number of hydrogen-bond donors (Lipinski definition) is 0. The fourth-order valence-electron chi connectivity index (χ4n) is 3.15. The van der Waals surface area contributed by atoms with Gasteiger partial charge < -0.3 is 28.5 Å². The van der Waals surface area contributed by atoms with E-state index < -0.39 is 6.10 Å². The monoisotopic (exact) mass is 374 g/mol. The van der Waals surface area contributed by atoms with Crippen LogP contribution in [0.3, 0.4) is 0 Å². The van der Waals surface area contributed by atoms with Gasteiger partial charge in [-0.05, 0) is 24.3 Å². The summed E-state index contributed by atoms with van der Waals surface area (Å²) < 4.78 is 21.6. The molecule has 1 atom stereocenters. The first-order valence-corrected chi connectivity index (χ1v) is 8.96. The average molecular weight is 374 g/mol. The van der Waals surface area contributed by atoms with Gasteiger partial charge in [-0.15, -0.1) is 0 Å². The molecule has 0 spiro atoms. The Morgan fingerprint density at radius 1 is 1.11 bits per heavy atom. The fraction of sp³-hybridized carbons (Fsp3) is 0.500. The van der Waals surface area contributed by atoms with Crippen molar-refractivity contribution in [2.75, 3.05) is 53.1 Å². The van der Waals surface area contributed by atoms with Crippen molar-refractivity contribution in [1.29, 1.82) is 0 Å². The van der Waals surface area contributed by atoms with Crippen molar-refractivity contribution in [1.82, 2.24) is 19.9 Å². The van der Waals surface area contributed by atoms with Crippen molar-refractivity contribution in [2.24, 2.45) is 0 Å². The minimum atomic E-state index is -0.403. The molecule has 0 unspecified atom stereocenters. The Balaban J connectivity index is 1.43. The molecule has 4 rings (SSSR count). The van der Waals surface area contributed by atoms with Gasteiger partial charge in [0.15, 0.2) is 0 Å². The highest BCUT2D eigenvalue weighted by Crippen LogP contribution is 2.25. The van der Waals surface area contributed by atoms with Crippen molar-refractivity contribution in [3.63, 3.8) is 0 Å². The normalized spacial score (nSPS) is 20.6. The second-order valence-electron chi connectivity index (χ2n) is 6.37. The van der Waals surface area contributed by atoms with E-state index >= 15 is 0 Å². The molecule has 2 aromatic rings. The third-order valence-electron chi connectivity index (χ3n) is 4.69. The summed E-state index contributed by atoms with van der Waals surface area (Å²) in [6.07, 6.45) is -0.403. The standard InChI is InChI=1S/C18H22N4O5/c1-24-14-4-2-13(3-5-14)17-19-16(20-27-17)15-12-22(8-11-26-15)18(23)21-6-9-25-10-7-21/h2-5,15H,6-12H2,1H3/t15-/m0/s1. The van der Waals surface area contributed by atoms with E-state index in [1.807, 2.05) is 29.2 Å². The lowest BCUT2D eigenvalue weighted by molar-refractivity contribution is -0.0310. The van der Waals surface area contributed by atoms with E-state index in [9.17, 15) is 4.79 Å². The van der Waals surface area contributed by atoms with E-state index in [0.29, 0.717) is 57.7 Å². The van der Waals surface area contributed by atoms with Gasteiger partial charge in [0.25, 0.3) is 5.89 Å². The molecule has 0 saturated carbocycles. The van der Waals surface area contributed by atoms with Crippen LogP contribution < -0.4 is 4.74 Å². The van der Waals surface area contributed by atoms with Gasteiger partial charge in [0, 0.05) is 25.2 Å². The number of nitrogens with zero attached hydrogens (tertiary/aromatic N) is 4. The maximum Gasteiger partial charge on any atom is 0.320 e. The molecule has 1 aromatic heterocycles. The van der Waals surface area contributed by atoms with Crippen molar-refractivity contribution in [3.8, 4) is 17.2 Å². The van der Waals surface area contributed by atoms with Gasteiger partial charge in [-0.1, -0.05) is 5.16 Å². The van der Waals surface area contributed by atoms with Crippen molar-refractivity contribution >= 4 is 6.03 Å². The summed E-state index contributed by atoms with van der Waals surface area (Å²) in [6.45, 7) is 3.78. The molecule has 0 aliphatic carbocycles. The fourth-order valence-corrected chi connectivity index (χ4v) is 3.15. The van der Waals surface area contributed by atoms with E-state index in [2.05, 4.69) is 10.1 Å². The van der Waals surface area contributed by atoms with Crippen LogP contribution in [0.25, 0.3) is 11.5 Å². The first-order valence-electron chi connectivity index (χ1n) is 8.96. The van der Waals surface area contributed by atoms with Gasteiger partial charge in [0.05, 0.1) is 33.5 Å². The van der Waals surface area contributed by atoms with Gasteiger partial charge >= 0.3 is 6.03 Å². The zero-order valence-corrected chi connectivity index (χ0v) is 15.2. The number of urea groups is 1. The summed E-state index contributed by atoms with van der Waals surface area (Å²) in [7, 11) is 1.62. The molecule has 2 saturated heterocycles. The number of rotatable bonds is 3. The Hall–Kier alpha value is -2.65. The van der Waals surface area contributed by atoms with Crippen LogP contribution in [-0.4, -0.2) is 79.1 Å². The summed E-state index contributed by atoms with van der Waals surface area (Å²) in [6, 6.07) is 7.38. The van der Waals surface area contributed by atoms with Gasteiger partial charge in [-0.3, -0.25) is 0 Å². The number of methoxy groups -OCH3 is 1. The van der Waals surface area contributed by atoms with Crippen LogP contribution in [0, 0.1) is 0 Å². The maximum atomic E-state index is 12.7. The van der Waals surface area contributed by atoms with E-state index in [4.69, 9.17) is 18.7 Å². The van der Waals surface area contributed by atoms with Gasteiger partial charge in [-0.25, -0.2) is 4.79 Å². The van der Waals surface area contributed by atoms with E-state index in [0.717, 1.165) is 11.3 Å². The predicted molar refractivity (Wildman–Crippen MR) is 94.3 cm³/mol. The highest BCUT2D eigenvalue weighted by atomic mass is 16.5. The summed E-state index contributed by atoms with van der Waals surface area (Å²) in [5.74, 6) is 1.61. The molecule has 0 radical (unpaired) electrons. The largest absolute Gasteiger partial charge is 0.497 e. The third kappa shape index (κ3) is 3.88. The molecule has 2 fully saturated rings. The molecule has 3 heterocycles. The number of aromatic nitrogens is 2. The van der Waals surface area contributed by atoms with Crippen molar-refractivity contribution in [3.05, 3.63) is 30.1 Å². The molecule has 1 aromatic carbocycles. The first kappa shape index (κ1) is 17.7. The lowest BCUT2D eigenvalue weighted by Gasteiger charge is -2.36. The molecule has 2 aliphatic rings. The number of hydrogen-bond acceptors (Lipinski definition) is 7. The van der Waals surface area contributed by atoms with E-state index in [1.165, 1.54) is 0 Å². The summed E-state index contributed by atoms with van der Waals surface area (Å²) >= 11 is 0. The Labute approximate surface area is 156 Å². The van der Waals surface area contributed by atoms with E-state index in [1.54, 1.807) is 12.0 Å². The number of amides is 2. The molecule has 9 heteroatoms. The van der Waals surface area contributed by atoms with Gasteiger partial charge in [-0.2, -0.15) is 4.98 Å². The predicted octanol–water partition coefficient (Wildman–Crippen LogP) is 1.57. The molecule has 9 nitrogen and oxygen atoms in total. The number of carbonyl (C=O) groups is 1. The topological polar surface area (TPSA) is 90.2 Å². The summed E-state index contributed by atoms with van der Waals surface area (Å²) in [5.41, 5.74) is 0.798. The smallest absolute Gasteiger partial charge is 0.320 e. The molecule has 27 heavy (non-hydrogen) atoms. The number of morpholine rings is 2. The number of ether oxygens (including phenoxy) is 3. The van der Waals surface area contributed by atoms with Crippen LogP contribution in [0.5, 0.6) is 5.75 Å². The van der Waals surface area contributed by atoms with Crippen LogP contribution in [-0.2, 0) is 9.47 Å². The molecule has 0 bridgehead atoms. The molecule has 0 N–H and O–H groups in total. The SMILES string of the molecule is COc1ccc(-c2nc([C@@H]3CN(C(=O)N4CCOCC4)CCO3)no2)cc1. The molecule has 144 valence electrons. The van der Waals surface area contributed by atoms with Crippen LogP contribution >= 0.6 is 0 Å². The van der Waals surface area contributed by atoms with Gasteiger partial charge in [0.2, 0.25) is 5.82 Å². The Morgan fingerprint density at radius 3 is 2.59 bits per heavy atom. The van der Waals surface area contributed by atoms with Crippen molar-refractivity contribution in [2.45, 2.75) is 6.10 Å². The number of benzene rings is 1. The lowest BCUT2D eigenvalue weighted by Crippen LogP contribution is -2.52. The average Bonchev–Trinajstić information content (AvgIpc) is 3.24. The maximum absolute atomic E-state index is 12.7. The van der Waals surface area contributed by atoms with Gasteiger partial charge in [0.1, 0.15) is 11.9 Å². The third-order valence-corrected chi connectivity index (χ3v) is 4.69. The van der Waals surface area contributed by atoms with Crippen LogP contribution in [0.1, 0.15) is 11.9 Å². The molecular weight excluding hydrogens is 352 g/mol. The molecule has 2 aliphatic heterocycles. The first-order chi connectivity index (χ1) is 13.2. The quantitative estimate of drug-likeness (QED) is 0.805. The Morgan fingerprint density at radius 2 is 1.85 bits per heavy atom. The van der Waals surface area contributed by atoms with Crippen LogP contribution in [0.2, 0.25) is 0 Å². The van der Waals surface area contributed by atoms with Crippen LogP contribution in [0.4, 0.5) is 4.79 Å². The minimum Gasteiger partial charge on any atom is -0.497 e.